The second kappa shape index (κ2) is 4.92. The number of nitrogens with zero attached hydrogens (tertiary/aromatic N) is 1. The fraction of sp³-hybridized carbons (Fsp3) is 0.200. The first kappa shape index (κ1) is 12.2. The smallest absolute Gasteiger partial charge is 0.0489 e. The number of fused-ring (bicyclic) bond motifs is 3. The van der Waals surface area contributed by atoms with Gasteiger partial charge in [0.15, 0.2) is 0 Å². The normalized spacial score (nSPS) is 10.4. The van der Waals surface area contributed by atoms with Crippen LogP contribution in [0.1, 0.15) is 13.8 Å². The van der Waals surface area contributed by atoms with E-state index in [9.17, 15) is 0 Å². The highest BCUT2D eigenvalue weighted by atomic mass is 79.9. The standard InChI is InChI=1S/C13H10BrN.C2H6/c1-15-12-5-3-2-4-10(12)11-8-9(14)6-7-13(11)15;1-2/h2-8H,1H3;1-2H3. The summed E-state index contributed by atoms with van der Waals surface area (Å²) in [5.41, 5.74) is 2.56. The molecular weight excluding hydrogens is 274 g/mol. The van der Waals surface area contributed by atoms with Crippen molar-refractivity contribution in [2.75, 3.05) is 0 Å². The zero-order valence-electron chi connectivity index (χ0n) is 10.4. The van der Waals surface area contributed by atoms with Gasteiger partial charge in [-0.25, -0.2) is 0 Å². The van der Waals surface area contributed by atoms with Gasteiger partial charge in [-0.3, -0.25) is 0 Å². The van der Waals surface area contributed by atoms with Crippen molar-refractivity contribution in [3.05, 3.63) is 46.9 Å². The van der Waals surface area contributed by atoms with Gasteiger partial charge in [0.1, 0.15) is 0 Å². The third-order valence-corrected chi connectivity index (χ3v) is 3.37. The Bertz CT molecular complexity index is 652. The summed E-state index contributed by atoms with van der Waals surface area (Å²) in [7, 11) is 2.11. The minimum absolute atomic E-state index is 1.13. The Balaban J connectivity index is 0.000000514. The lowest BCUT2D eigenvalue weighted by atomic mass is 10.2. The second-order valence-corrected chi connectivity index (χ2v) is 4.65. The first-order valence-corrected chi connectivity index (χ1v) is 6.69. The maximum absolute atomic E-state index is 3.52. The van der Waals surface area contributed by atoms with E-state index in [0.717, 1.165) is 4.47 Å². The van der Waals surface area contributed by atoms with Gasteiger partial charge in [-0.2, -0.15) is 0 Å². The largest absolute Gasteiger partial charge is 0.344 e. The zero-order chi connectivity index (χ0) is 12.4. The molecule has 0 radical (unpaired) electrons. The highest BCUT2D eigenvalue weighted by molar-refractivity contribution is 9.10. The minimum Gasteiger partial charge on any atom is -0.344 e. The summed E-state index contributed by atoms with van der Waals surface area (Å²) in [5.74, 6) is 0. The Labute approximate surface area is 110 Å². The maximum atomic E-state index is 3.52. The topological polar surface area (TPSA) is 4.93 Å². The summed E-state index contributed by atoms with van der Waals surface area (Å²) < 4.78 is 3.36. The lowest BCUT2D eigenvalue weighted by Gasteiger charge is -1.96. The summed E-state index contributed by atoms with van der Waals surface area (Å²) in [6, 6.07) is 14.9. The van der Waals surface area contributed by atoms with E-state index < -0.39 is 0 Å². The molecule has 2 heteroatoms. The van der Waals surface area contributed by atoms with Crippen molar-refractivity contribution in [3.63, 3.8) is 0 Å². The summed E-state index contributed by atoms with van der Waals surface area (Å²) in [6.45, 7) is 4.00. The molecule has 0 amide bonds. The van der Waals surface area contributed by atoms with Crippen LogP contribution in [-0.4, -0.2) is 4.57 Å². The Morgan fingerprint density at radius 3 is 2.29 bits per heavy atom. The van der Waals surface area contributed by atoms with E-state index in [0.29, 0.717) is 0 Å². The molecule has 0 saturated heterocycles. The van der Waals surface area contributed by atoms with E-state index in [-0.39, 0.29) is 0 Å². The van der Waals surface area contributed by atoms with Crippen molar-refractivity contribution >= 4 is 37.7 Å². The number of benzene rings is 2. The monoisotopic (exact) mass is 289 g/mol. The zero-order valence-corrected chi connectivity index (χ0v) is 12.0. The molecule has 0 atom stereocenters. The number of hydrogen-bond acceptors (Lipinski definition) is 0. The van der Waals surface area contributed by atoms with Gasteiger partial charge in [0, 0.05) is 33.3 Å². The van der Waals surface area contributed by atoms with Gasteiger partial charge < -0.3 is 4.57 Å². The highest BCUT2D eigenvalue weighted by Gasteiger charge is 2.06. The number of aryl methyl sites for hydroxylation is 1. The predicted octanol–water partition coefficient (Wildman–Crippen LogP) is 5.12. The Morgan fingerprint density at radius 2 is 1.53 bits per heavy atom. The highest BCUT2D eigenvalue weighted by Crippen LogP contribution is 2.29. The van der Waals surface area contributed by atoms with Crippen LogP contribution >= 0.6 is 15.9 Å². The third kappa shape index (κ3) is 1.98. The SMILES string of the molecule is CC.Cn1c2ccccc2c2cc(Br)ccc21. The van der Waals surface area contributed by atoms with E-state index in [1.165, 1.54) is 21.8 Å². The average molecular weight is 290 g/mol. The molecule has 17 heavy (non-hydrogen) atoms. The lowest BCUT2D eigenvalue weighted by molar-refractivity contribution is 1.01. The number of halogens is 1. The maximum Gasteiger partial charge on any atom is 0.0489 e. The first-order valence-electron chi connectivity index (χ1n) is 5.90. The number of aromatic nitrogens is 1. The van der Waals surface area contributed by atoms with Gasteiger partial charge in [0.25, 0.3) is 0 Å². The van der Waals surface area contributed by atoms with Crippen LogP contribution in [0, 0.1) is 0 Å². The van der Waals surface area contributed by atoms with Crippen LogP contribution in [0.3, 0.4) is 0 Å². The average Bonchev–Trinajstić information content (AvgIpc) is 2.66. The van der Waals surface area contributed by atoms with Gasteiger partial charge in [-0.15, -0.1) is 0 Å². The molecule has 0 aliphatic carbocycles. The molecule has 0 unspecified atom stereocenters. The summed E-state index contributed by atoms with van der Waals surface area (Å²) in [4.78, 5) is 0. The molecule has 0 aliphatic rings. The Morgan fingerprint density at radius 1 is 0.882 bits per heavy atom. The fourth-order valence-corrected chi connectivity index (χ4v) is 2.50. The van der Waals surface area contributed by atoms with E-state index in [4.69, 9.17) is 0 Å². The Kier molecular flexibility index (Phi) is 3.53. The molecular formula is C15H16BrN. The van der Waals surface area contributed by atoms with Crippen molar-refractivity contribution in [1.82, 2.24) is 4.57 Å². The van der Waals surface area contributed by atoms with E-state index >= 15 is 0 Å². The second-order valence-electron chi connectivity index (χ2n) is 3.74. The molecule has 0 fully saturated rings. The van der Waals surface area contributed by atoms with Crippen LogP contribution in [0.5, 0.6) is 0 Å². The van der Waals surface area contributed by atoms with Crippen molar-refractivity contribution < 1.29 is 0 Å². The number of rotatable bonds is 0. The van der Waals surface area contributed by atoms with Crippen LogP contribution in [0.15, 0.2) is 46.9 Å². The predicted molar refractivity (Wildman–Crippen MR) is 79.5 cm³/mol. The van der Waals surface area contributed by atoms with Crippen molar-refractivity contribution in [2.45, 2.75) is 13.8 Å². The van der Waals surface area contributed by atoms with Crippen LogP contribution in [-0.2, 0) is 7.05 Å². The fourth-order valence-electron chi connectivity index (χ4n) is 2.14. The summed E-state index contributed by atoms with van der Waals surface area (Å²) in [6.07, 6.45) is 0. The molecule has 2 aromatic carbocycles. The quantitative estimate of drug-likeness (QED) is 0.541. The van der Waals surface area contributed by atoms with Gasteiger partial charge in [0.05, 0.1) is 0 Å². The molecule has 0 N–H and O–H groups in total. The van der Waals surface area contributed by atoms with E-state index in [2.05, 4.69) is 70.0 Å². The van der Waals surface area contributed by atoms with Gasteiger partial charge in [-0.05, 0) is 24.3 Å². The molecule has 1 heterocycles. The molecule has 0 spiro atoms. The molecule has 1 nitrogen and oxygen atoms in total. The minimum atomic E-state index is 1.13. The van der Waals surface area contributed by atoms with Gasteiger partial charge >= 0.3 is 0 Å². The van der Waals surface area contributed by atoms with Crippen molar-refractivity contribution in [3.8, 4) is 0 Å². The molecule has 3 rings (SSSR count). The van der Waals surface area contributed by atoms with Crippen molar-refractivity contribution in [2.24, 2.45) is 7.05 Å². The third-order valence-electron chi connectivity index (χ3n) is 2.88. The molecule has 88 valence electrons. The van der Waals surface area contributed by atoms with E-state index in [1.54, 1.807) is 0 Å². The van der Waals surface area contributed by atoms with Crippen LogP contribution in [0.4, 0.5) is 0 Å². The summed E-state index contributed by atoms with van der Waals surface area (Å²) >= 11 is 3.52. The Hall–Kier alpha value is -1.28. The van der Waals surface area contributed by atoms with E-state index in [1.807, 2.05) is 13.8 Å². The molecule has 3 aromatic rings. The van der Waals surface area contributed by atoms with Gasteiger partial charge in [0.2, 0.25) is 0 Å². The number of para-hydroxylation sites is 1. The van der Waals surface area contributed by atoms with Gasteiger partial charge in [-0.1, -0.05) is 48.0 Å². The number of hydrogen-bond donors (Lipinski definition) is 0. The molecule has 1 aromatic heterocycles. The lowest BCUT2D eigenvalue weighted by Crippen LogP contribution is -1.85. The first-order chi connectivity index (χ1) is 8.27. The molecule has 0 aliphatic heterocycles. The summed E-state index contributed by atoms with van der Waals surface area (Å²) in [5, 5.41) is 2.62. The van der Waals surface area contributed by atoms with Crippen LogP contribution < -0.4 is 0 Å². The van der Waals surface area contributed by atoms with Crippen LogP contribution in [0.25, 0.3) is 21.8 Å². The molecule has 0 bridgehead atoms. The van der Waals surface area contributed by atoms with Crippen molar-refractivity contribution in [1.29, 1.82) is 0 Å². The van der Waals surface area contributed by atoms with Crippen LogP contribution in [0.2, 0.25) is 0 Å². The molecule has 0 saturated carbocycles.